The lowest BCUT2D eigenvalue weighted by Crippen LogP contribution is -2.11. The van der Waals surface area contributed by atoms with Gasteiger partial charge in [-0.2, -0.15) is 0 Å². The Hall–Kier alpha value is -4.95. The van der Waals surface area contributed by atoms with E-state index in [2.05, 4.69) is 38.8 Å². The summed E-state index contributed by atoms with van der Waals surface area (Å²) in [7, 11) is 0. The number of benzene rings is 3. The first-order valence-corrected chi connectivity index (χ1v) is 12.9. The zero-order chi connectivity index (χ0) is 25.7. The van der Waals surface area contributed by atoms with Crippen LogP contribution >= 0.6 is 11.3 Å². The summed E-state index contributed by atoms with van der Waals surface area (Å²) >= 11 is 1.37. The fourth-order valence-corrected chi connectivity index (χ4v) is 4.75. The molecule has 0 bridgehead atoms. The van der Waals surface area contributed by atoms with Gasteiger partial charge >= 0.3 is 0 Å². The Balaban J connectivity index is 1.43. The highest BCUT2D eigenvalue weighted by Gasteiger charge is 2.16. The highest BCUT2D eigenvalue weighted by molar-refractivity contribution is 7.13. The van der Waals surface area contributed by atoms with Crippen molar-refractivity contribution in [1.82, 2.24) is 19.9 Å². The van der Waals surface area contributed by atoms with E-state index in [0.717, 1.165) is 33.3 Å². The van der Waals surface area contributed by atoms with E-state index in [1.54, 1.807) is 24.5 Å². The summed E-state index contributed by atoms with van der Waals surface area (Å²) < 4.78 is 0. The molecule has 0 spiro atoms. The van der Waals surface area contributed by atoms with Gasteiger partial charge in [-0.3, -0.25) is 15.1 Å². The first-order valence-electron chi connectivity index (χ1n) is 12.1. The minimum Gasteiger partial charge on any atom is -0.364 e. The lowest BCUT2D eigenvalue weighted by Gasteiger charge is -2.15. The number of thiazole rings is 1. The second kappa shape index (κ2) is 10.6. The van der Waals surface area contributed by atoms with Gasteiger partial charge in [0.05, 0.1) is 23.1 Å². The van der Waals surface area contributed by atoms with Crippen LogP contribution in [0, 0.1) is 0 Å². The Bertz CT molecular complexity index is 1710. The maximum Gasteiger partial charge on any atom is 0.257 e. The van der Waals surface area contributed by atoms with Gasteiger partial charge in [0, 0.05) is 28.9 Å². The fourth-order valence-electron chi connectivity index (χ4n) is 4.23. The molecular formula is C30H22N6OS. The number of carbonyl (C=O) groups excluding carboxylic acids is 1. The molecule has 6 rings (SSSR count). The third kappa shape index (κ3) is 4.98. The summed E-state index contributed by atoms with van der Waals surface area (Å²) in [4.78, 5) is 31.3. The predicted octanol–water partition coefficient (Wildman–Crippen LogP) is 6.68. The number of hydrogen-bond donors (Lipinski definition) is 2. The van der Waals surface area contributed by atoms with Crippen LogP contribution in [0.2, 0.25) is 0 Å². The molecule has 8 heteroatoms. The van der Waals surface area contributed by atoms with Gasteiger partial charge in [-0.05, 0) is 41.5 Å². The average Bonchev–Trinajstić information content (AvgIpc) is 3.49. The number of pyridine rings is 1. The number of rotatable bonds is 7. The fraction of sp³-hybridized carbons (Fsp3) is 0.0333. The van der Waals surface area contributed by atoms with Gasteiger partial charge in [-0.25, -0.2) is 15.0 Å². The van der Waals surface area contributed by atoms with E-state index >= 15 is 0 Å². The smallest absolute Gasteiger partial charge is 0.257 e. The minimum atomic E-state index is -0.234. The molecule has 0 atom stereocenters. The minimum absolute atomic E-state index is 0.234. The number of aromatic nitrogens is 4. The summed E-state index contributed by atoms with van der Waals surface area (Å²) in [6.45, 7) is 0.506. The molecule has 1 amide bonds. The van der Waals surface area contributed by atoms with Crippen molar-refractivity contribution in [3.05, 3.63) is 120 Å². The Kier molecular flexibility index (Phi) is 6.53. The Morgan fingerprint density at radius 2 is 1.63 bits per heavy atom. The molecule has 38 heavy (non-hydrogen) atoms. The molecule has 2 N–H and O–H groups in total. The quantitative estimate of drug-likeness (QED) is 0.247. The topological polar surface area (TPSA) is 92.7 Å². The third-order valence-electron chi connectivity index (χ3n) is 6.01. The number of amides is 1. The van der Waals surface area contributed by atoms with Crippen molar-refractivity contribution < 1.29 is 4.79 Å². The summed E-state index contributed by atoms with van der Waals surface area (Å²) in [5, 5.41) is 9.62. The molecule has 0 saturated carbocycles. The number of nitrogens with zero attached hydrogens (tertiary/aromatic N) is 4. The van der Waals surface area contributed by atoms with E-state index < -0.39 is 0 Å². The normalized spacial score (nSPS) is 10.8. The maximum absolute atomic E-state index is 12.8. The molecule has 3 aromatic heterocycles. The van der Waals surface area contributed by atoms with E-state index in [4.69, 9.17) is 9.97 Å². The Morgan fingerprint density at radius 1 is 0.789 bits per heavy atom. The van der Waals surface area contributed by atoms with Crippen LogP contribution in [0.3, 0.4) is 0 Å². The van der Waals surface area contributed by atoms with E-state index in [-0.39, 0.29) is 5.91 Å². The van der Waals surface area contributed by atoms with E-state index in [1.807, 2.05) is 66.0 Å². The van der Waals surface area contributed by atoms with Crippen LogP contribution in [0.5, 0.6) is 0 Å². The zero-order valence-electron chi connectivity index (χ0n) is 20.2. The van der Waals surface area contributed by atoms with E-state index in [1.165, 1.54) is 11.3 Å². The number of fused-ring (bicyclic) bond motifs is 1. The van der Waals surface area contributed by atoms with Gasteiger partial charge in [0.15, 0.2) is 11.0 Å². The van der Waals surface area contributed by atoms with Gasteiger partial charge in [0.2, 0.25) is 0 Å². The van der Waals surface area contributed by atoms with Gasteiger partial charge in [-0.1, -0.05) is 60.7 Å². The molecule has 0 aliphatic carbocycles. The highest BCUT2D eigenvalue weighted by Crippen LogP contribution is 2.34. The van der Waals surface area contributed by atoms with Crippen LogP contribution in [0.4, 0.5) is 10.9 Å². The van der Waals surface area contributed by atoms with Crippen molar-refractivity contribution in [1.29, 1.82) is 0 Å². The third-order valence-corrected chi connectivity index (χ3v) is 6.70. The summed E-state index contributed by atoms with van der Waals surface area (Å²) in [5.74, 6) is 0.991. The number of nitrogens with one attached hydrogen (secondary N) is 2. The van der Waals surface area contributed by atoms with Gasteiger partial charge in [-0.15, -0.1) is 11.3 Å². The predicted molar refractivity (Wildman–Crippen MR) is 152 cm³/mol. The molecule has 0 saturated heterocycles. The molecule has 0 aliphatic rings. The summed E-state index contributed by atoms with van der Waals surface area (Å²) in [6.07, 6.45) is 3.43. The summed E-state index contributed by atoms with van der Waals surface area (Å²) in [6, 6.07) is 29.4. The average molecular weight is 515 g/mol. The molecule has 3 heterocycles. The van der Waals surface area contributed by atoms with Crippen molar-refractivity contribution in [2.45, 2.75) is 6.54 Å². The Labute approximate surface area is 223 Å². The van der Waals surface area contributed by atoms with Crippen LogP contribution in [-0.2, 0) is 6.54 Å². The Morgan fingerprint density at radius 3 is 2.45 bits per heavy atom. The van der Waals surface area contributed by atoms with Crippen LogP contribution in [0.15, 0.2) is 109 Å². The van der Waals surface area contributed by atoms with Crippen molar-refractivity contribution in [2.75, 3.05) is 10.6 Å². The second-order valence-corrected chi connectivity index (χ2v) is 9.40. The molecule has 0 fully saturated rings. The van der Waals surface area contributed by atoms with Crippen molar-refractivity contribution in [3.8, 4) is 22.5 Å². The molecule has 0 aliphatic heterocycles. The van der Waals surface area contributed by atoms with Crippen LogP contribution < -0.4 is 10.6 Å². The second-order valence-electron chi connectivity index (χ2n) is 8.51. The standard InChI is InChI=1S/C30H22N6OS/c37-29(36-30-32-16-17-38-30)22-11-6-10-21(18-22)27-34-25-14-7-13-24(20-8-2-1-3-9-20)26(25)28(35-27)33-19-23-12-4-5-15-31-23/h1-18H,19H2,(H,32,36,37)(H,33,34,35). The number of anilines is 2. The van der Waals surface area contributed by atoms with E-state index in [0.29, 0.717) is 28.9 Å². The number of carbonyl (C=O) groups is 1. The van der Waals surface area contributed by atoms with E-state index in [9.17, 15) is 4.79 Å². The maximum atomic E-state index is 12.8. The van der Waals surface area contributed by atoms with Crippen molar-refractivity contribution in [3.63, 3.8) is 0 Å². The molecule has 3 aromatic carbocycles. The highest BCUT2D eigenvalue weighted by atomic mass is 32.1. The SMILES string of the molecule is O=C(Nc1nccs1)c1cccc(-c2nc(NCc3ccccn3)c3c(-c4ccccc4)cccc3n2)c1. The molecule has 6 aromatic rings. The number of hydrogen-bond acceptors (Lipinski definition) is 7. The van der Waals surface area contributed by atoms with Gasteiger partial charge < -0.3 is 5.32 Å². The van der Waals surface area contributed by atoms with Crippen molar-refractivity contribution in [2.24, 2.45) is 0 Å². The molecule has 0 unspecified atom stereocenters. The summed E-state index contributed by atoms with van der Waals surface area (Å²) in [5.41, 5.74) is 5.06. The monoisotopic (exact) mass is 514 g/mol. The first-order chi connectivity index (χ1) is 18.7. The molecule has 7 nitrogen and oxygen atoms in total. The van der Waals surface area contributed by atoms with Gasteiger partial charge in [0.25, 0.3) is 5.91 Å². The molecular weight excluding hydrogens is 492 g/mol. The first kappa shape index (κ1) is 23.4. The molecule has 0 radical (unpaired) electrons. The van der Waals surface area contributed by atoms with Crippen LogP contribution in [0.25, 0.3) is 33.4 Å². The largest absolute Gasteiger partial charge is 0.364 e. The zero-order valence-corrected chi connectivity index (χ0v) is 21.0. The van der Waals surface area contributed by atoms with Crippen LogP contribution in [0.1, 0.15) is 16.1 Å². The van der Waals surface area contributed by atoms with Crippen LogP contribution in [-0.4, -0.2) is 25.8 Å². The van der Waals surface area contributed by atoms with Crippen molar-refractivity contribution >= 4 is 39.1 Å². The van der Waals surface area contributed by atoms with Gasteiger partial charge in [0.1, 0.15) is 5.82 Å². The lowest BCUT2D eigenvalue weighted by molar-refractivity contribution is 0.102. The lowest BCUT2D eigenvalue weighted by atomic mass is 10.0. The molecule has 184 valence electrons.